The Hall–Kier alpha value is -2.11. The van der Waals surface area contributed by atoms with Crippen molar-refractivity contribution in [2.45, 2.75) is 40.2 Å². The number of ether oxygens (including phenoxy) is 1. The molecule has 0 bridgehead atoms. The van der Waals surface area contributed by atoms with E-state index in [1.54, 1.807) is 0 Å². The van der Waals surface area contributed by atoms with Crippen LogP contribution in [0.5, 0.6) is 5.88 Å². The number of hydrogen-bond donors (Lipinski definition) is 1. The minimum Gasteiger partial charge on any atom is -0.478 e. The smallest absolute Gasteiger partial charge is 0.218 e. The van der Waals surface area contributed by atoms with Gasteiger partial charge in [-0.15, -0.1) is 0 Å². The molecular formula is C15H23N5O. The van der Waals surface area contributed by atoms with Gasteiger partial charge < -0.3 is 10.1 Å². The number of anilines is 1. The van der Waals surface area contributed by atoms with Crippen LogP contribution in [0, 0.1) is 13.8 Å². The normalized spacial score (nSPS) is 12.2. The molecule has 0 saturated heterocycles. The van der Waals surface area contributed by atoms with Crippen molar-refractivity contribution in [1.82, 2.24) is 19.7 Å². The van der Waals surface area contributed by atoms with E-state index in [0.717, 1.165) is 17.9 Å². The van der Waals surface area contributed by atoms with Crippen LogP contribution in [-0.2, 0) is 13.5 Å². The molecule has 0 aromatic carbocycles. The number of hydrogen-bond acceptors (Lipinski definition) is 5. The Labute approximate surface area is 125 Å². The third-order valence-electron chi connectivity index (χ3n) is 3.50. The number of nitrogens with zero attached hydrogens (tertiary/aromatic N) is 4. The lowest BCUT2D eigenvalue weighted by atomic mass is 10.1. The summed E-state index contributed by atoms with van der Waals surface area (Å²) in [5.74, 6) is 1.37. The molecular weight excluding hydrogens is 266 g/mol. The molecule has 6 nitrogen and oxygen atoms in total. The summed E-state index contributed by atoms with van der Waals surface area (Å²) < 4.78 is 7.31. The van der Waals surface area contributed by atoms with Gasteiger partial charge in [-0.25, -0.2) is 9.97 Å². The fourth-order valence-corrected chi connectivity index (χ4v) is 2.37. The minimum atomic E-state index is 0.246. The van der Waals surface area contributed by atoms with Crippen LogP contribution >= 0.6 is 0 Å². The van der Waals surface area contributed by atoms with Crippen LogP contribution in [0.1, 0.15) is 30.8 Å². The van der Waals surface area contributed by atoms with Gasteiger partial charge in [0.25, 0.3) is 0 Å². The highest BCUT2D eigenvalue weighted by atomic mass is 16.5. The lowest BCUT2D eigenvalue weighted by Gasteiger charge is -2.15. The molecule has 0 amide bonds. The van der Waals surface area contributed by atoms with Crippen molar-refractivity contribution in [2.24, 2.45) is 7.05 Å². The Morgan fingerprint density at radius 3 is 2.71 bits per heavy atom. The quantitative estimate of drug-likeness (QED) is 0.883. The Morgan fingerprint density at radius 1 is 1.33 bits per heavy atom. The van der Waals surface area contributed by atoms with Crippen LogP contribution in [-0.4, -0.2) is 32.4 Å². The van der Waals surface area contributed by atoms with Crippen molar-refractivity contribution in [2.75, 3.05) is 11.9 Å². The first-order valence-electron chi connectivity index (χ1n) is 7.21. The fraction of sp³-hybridized carbons (Fsp3) is 0.533. The van der Waals surface area contributed by atoms with Gasteiger partial charge in [-0.1, -0.05) is 0 Å². The summed E-state index contributed by atoms with van der Waals surface area (Å²) in [6, 6.07) is 2.07. The number of nitrogens with one attached hydrogen (secondary N) is 1. The molecule has 1 atom stereocenters. The van der Waals surface area contributed by atoms with E-state index in [0.29, 0.717) is 12.5 Å². The zero-order valence-electron chi connectivity index (χ0n) is 13.3. The third kappa shape index (κ3) is 3.71. The van der Waals surface area contributed by atoms with Crippen molar-refractivity contribution in [3.05, 3.63) is 29.3 Å². The summed E-state index contributed by atoms with van der Waals surface area (Å²) in [4.78, 5) is 8.30. The third-order valence-corrected chi connectivity index (χ3v) is 3.50. The fourth-order valence-electron chi connectivity index (χ4n) is 2.37. The van der Waals surface area contributed by atoms with E-state index in [1.165, 1.54) is 17.6 Å². The zero-order valence-corrected chi connectivity index (χ0v) is 13.3. The van der Waals surface area contributed by atoms with Crippen LogP contribution in [0.25, 0.3) is 0 Å². The van der Waals surface area contributed by atoms with E-state index in [2.05, 4.69) is 34.2 Å². The molecule has 0 unspecified atom stereocenters. The van der Waals surface area contributed by atoms with Gasteiger partial charge >= 0.3 is 0 Å². The van der Waals surface area contributed by atoms with Gasteiger partial charge in [0.05, 0.1) is 12.3 Å². The van der Waals surface area contributed by atoms with Gasteiger partial charge in [-0.2, -0.15) is 5.10 Å². The summed E-state index contributed by atoms with van der Waals surface area (Å²) in [6.07, 6.45) is 2.42. The lowest BCUT2D eigenvalue weighted by Crippen LogP contribution is -2.19. The topological polar surface area (TPSA) is 64.9 Å². The van der Waals surface area contributed by atoms with Crippen molar-refractivity contribution in [1.29, 1.82) is 0 Å². The second-order valence-corrected chi connectivity index (χ2v) is 5.20. The summed E-state index contributed by atoms with van der Waals surface area (Å²) in [5, 5.41) is 7.84. The van der Waals surface area contributed by atoms with Crippen LogP contribution < -0.4 is 10.1 Å². The summed E-state index contributed by atoms with van der Waals surface area (Å²) >= 11 is 0. The molecule has 0 spiro atoms. The SMILES string of the molecule is CCOc1cc(N[C@H](C)Cc2c(C)nn(C)c2C)ncn1. The monoisotopic (exact) mass is 289 g/mol. The molecule has 6 heteroatoms. The van der Waals surface area contributed by atoms with E-state index >= 15 is 0 Å². The van der Waals surface area contributed by atoms with Gasteiger partial charge in [0.1, 0.15) is 12.1 Å². The number of aromatic nitrogens is 4. The molecule has 0 aliphatic rings. The molecule has 0 aliphatic carbocycles. The zero-order chi connectivity index (χ0) is 15.4. The Bertz CT molecular complexity index is 608. The highest BCUT2D eigenvalue weighted by Gasteiger charge is 2.13. The number of aryl methyl sites for hydroxylation is 2. The maximum atomic E-state index is 5.38. The average molecular weight is 289 g/mol. The number of rotatable bonds is 6. The molecule has 2 rings (SSSR count). The van der Waals surface area contributed by atoms with Crippen molar-refractivity contribution in [3.63, 3.8) is 0 Å². The highest BCUT2D eigenvalue weighted by molar-refractivity contribution is 5.39. The standard InChI is InChI=1S/C15H23N5O/c1-6-21-15-8-14(16-9-17-15)18-10(2)7-13-11(3)19-20(5)12(13)4/h8-10H,6-7H2,1-5H3,(H,16,17,18)/t10-/m1/s1. The van der Waals surface area contributed by atoms with E-state index in [9.17, 15) is 0 Å². The Morgan fingerprint density at radius 2 is 2.10 bits per heavy atom. The first-order chi connectivity index (χ1) is 10.0. The first-order valence-corrected chi connectivity index (χ1v) is 7.21. The van der Waals surface area contributed by atoms with E-state index < -0.39 is 0 Å². The second-order valence-electron chi connectivity index (χ2n) is 5.20. The predicted molar refractivity (Wildman–Crippen MR) is 82.7 cm³/mol. The van der Waals surface area contributed by atoms with Gasteiger partial charge in [-0.3, -0.25) is 4.68 Å². The molecule has 0 fully saturated rings. The Kier molecular flexibility index (Phi) is 4.77. The summed E-state index contributed by atoms with van der Waals surface area (Å²) in [5.41, 5.74) is 3.58. The molecule has 1 N–H and O–H groups in total. The largest absolute Gasteiger partial charge is 0.478 e. The first kappa shape index (κ1) is 15.3. The second kappa shape index (κ2) is 6.56. The maximum Gasteiger partial charge on any atom is 0.218 e. The van der Waals surface area contributed by atoms with E-state index in [4.69, 9.17) is 4.74 Å². The molecule has 2 aromatic rings. The molecule has 2 heterocycles. The van der Waals surface area contributed by atoms with Crippen LogP contribution in [0.2, 0.25) is 0 Å². The van der Waals surface area contributed by atoms with Gasteiger partial charge in [0.2, 0.25) is 5.88 Å². The van der Waals surface area contributed by atoms with Crippen molar-refractivity contribution < 1.29 is 4.74 Å². The van der Waals surface area contributed by atoms with Crippen molar-refractivity contribution >= 4 is 5.82 Å². The summed E-state index contributed by atoms with van der Waals surface area (Å²) in [7, 11) is 1.97. The highest BCUT2D eigenvalue weighted by Crippen LogP contribution is 2.17. The maximum absolute atomic E-state index is 5.38. The van der Waals surface area contributed by atoms with Crippen molar-refractivity contribution in [3.8, 4) is 5.88 Å². The van der Waals surface area contributed by atoms with E-state index in [-0.39, 0.29) is 6.04 Å². The lowest BCUT2D eigenvalue weighted by molar-refractivity contribution is 0.326. The summed E-state index contributed by atoms with van der Waals surface area (Å²) in [6.45, 7) is 8.81. The van der Waals surface area contributed by atoms with Crippen LogP contribution in [0.3, 0.4) is 0 Å². The molecule has 0 aliphatic heterocycles. The average Bonchev–Trinajstić information content (AvgIpc) is 2.66. The van der Waals surface area contributed by atoms with Crippen LogP contribution in [0.4, 0.5) is 5.82 Å². The molecule has 21 heavy (non-hydrogen) atoms. The minimum absolute atomic E-state index is 0.246. The molecule has 0 saturated carbocycles. The van der Waals surface area contributed by atoms with E-state index in [1.807, 2.05) is 31.6 Å². The molecule has 0 radical (unpaired) electrons. The molecule has 114 valence electrons. The van der Waals surface area contributed by atoms with Gasteiger partial charge in [-0.05, 0) is 39.7 Å². The van der Waals surface area contributed by atoms with Crippen LogP contribution in [0.15, 0.2) is 12.4 Å². The van der Waals surface area contributed by atoms with Gasteiger partial charge in [0, 0.05) is 24.8 Å². The predicted octanol–water partition coefficient (Wildman–Crippen LogP) is 2.27. The Balaban J connectivity index is 2.04. The van der Waals surface area contributed by atoms with Gasteiger partial charge in [0.15, 0.2) is 0 Å². The molecule has 2 aromatic heterocycles.